The fraction of sp³-hybridized carbons (Fsp3) is 1.00. The number of rotatable bonds is 3. The van der Waals surface area contributed by atoms with E-state index in [1.165, 1.54) is 0 Å². The summed E-state index contributed by atoms with van der Waals surface area (Å²) >= 11 is 0. The van der Waals surface area contributed by atoms with Crippen LogP contribution in [0.2, 0.25) is 0 Å². The molecule has 1 saturated carbocycles. The van der Waals surface area contributed by atoms with Crippen molar-refractivity contribution in [1.29, 1.82) is 0 Å². The number of nitrogens with one attached hydrogen (secondary N) is 1. The lowest BCUT2D eigenvalue weighted by Crippen LogP contribution is -2.59. The van der Waals surface area contributed by atoms with Crippen LogP contribution in [0.3, 0.4) is 0 Å². The van der Waals surface area contributed by atoms with E-state index in [1.807, 2.05) is 6.92 Å². The Balaban J connectivity index is 2.74. The maximum atomic E-state index is 13.3. The largest absolute Gasteiger partial charge is 0.406 e. The van der Waals surface area contributed by atoms with Crippen LogP contribution < -0.4 is 5.32 Å². The molecule has 1 N–H and O–H groups in total. The summed E-state index contributed by atoms with van der Waals surface area (Å²) in [5.74, 6) is 0.399. The molecule has 0 aromatic rings. The zero-order valence-electron chi connectivity index (χ0n) is 12.0. The monoisotopic (exact) mass is 265 g/mol. The first-order valence-electron chi connectivity index (χ1n) is 6.94. The van der Waals surface area contributed by atoms with Crippen LogP contribution in [0.25, 0.3) is 0 Å². The van der Waals surface area contributed by atoms with Gasteiger partial charge in [-0.3, -0.25) is 0 Å². The van der Waals surface area contributed by atoms with Gasteiger partial charge in [-0.1, -0.05) is 27.7 Å². The normalized spacial score (nSPS) is 30.5. The number of halogens is 3. The first-order chi connectivity index (χ1) is 8.12. The van der Waals surface area contributed by atoms with E-state index in [0.29, 0.717) is 25.3 Å². The molecule has 0 unspecified atom stereocenters. The van der Waals surface area contributed by atoms with Crippen LogP contribution in [0.4, 0.5) is 13.2 Å². The Morgan fingerprint density at radius 2 is 1.61 bits per heavy atom. The molecule has 0 spiro atoms. The molecule has 1 aliphatic rings. The summed E-state index contributed by atoms with van der Waals surface area (Å²) in [6.07, 6.45) is -1.62. The summed E-state index contributed by atoms with van der Waals surface area (Å²) in [7, 11) is 0. The molecule has 18 heavy (non-hydrogen) atoms. The van der Waals surface area contributed by atoms with Gasteiger partial charge in [0.15, 0.2) is 0 Å². The second-order valence-corrected chi connectivity index (χ2v) is 6.65. The fourth-order valence-electron chi connectivity index (χ4n) is 2.90. The van der Waals surface area contributed by atoms with E-state index in [-0.39, 0.29) is 18.3 Å². The van der Waals surface area contributed by atoms with Gasteiger partial charge in [0, 0.05) is 0 Å². The van der Waals surface area contributed by atoms with E-state index in [0.717, 1.165) is 6.42 Å². The molecule has 1 aliphatic carbocycles. The van der Waals surface area contributed by atoms with E-state index in [4.69, 9.17) is 0 Å². The van der Waals surface area contributed by atoms with Crippen molar-refractivity contribution in [3.63, 3.8) is 0 Å². The van der Waals surface area contributed by atoms with E-state index in [1.54, 1.807) is 0 Å². The molecule has 0 aromatic heterocycles. The predicted octanol–water partition coefficient (Wildman–Crippen LogP) is 4.52. The molecule has 0 radical (unpaired) electrons. The van der Waals surface area contributed by atoms with Crippen LogP contribution in [0.1, 0.15) is 59.8 Å². The molecule has 0 saturated heterocycles. The van der Waals surface area contributed by atoms with Crippen molar-refractivity contribution in [3.8, 4) is 0 Å². The van der Waals surface area contributed by atoms with E-state index >= 15 is 0 Å². The first kappa shape index (κ1) is 15.8. The van der Waals surface area contributed by atoms with Crippen molar-refractivity contribution in [1.82, 2.24) is 5.32 Å². The molecule has 0 atom stereocenters. The van der Waals surface area contributed by atoms with Gasteiger partial charge < -0.3 is 5.32 Å². The van der Waals surface area contributed by atoms with Crippen molar-refractivity contribution in [2.45, 2.75) is 71.5 Å². The maximum Gasteiger partial charge on any atom is 0.406 e. The molecule has 1 nitrogen and oxygen atoms in total. The Morgan fingerprint density at radius 3 is 1.94 bits per heavy atom. The summed E-state index contributed by atoms with van der Waals surface area (Å²) < 4.78 is 39.8. The minimum Gasteiger partial charge on any atom is -0.304 e. The third-order valence-electron chi connectivity index (χ3n) is 4.32. The molecule has 1 rings (SSSR count). The average molecular weight is 265 g/mol. The van der Waals surface area contributed by atoms with Gasteiger partial charge >= 0.3 is 6.18 Å². The van der Waals surface area contributed by atoms with Gasteiger partial charge in [0.2, 0.25) is 0 Å². The Kier molecular flexibility index (Phi) is 4.74. The van der Waals surface area contributed by atoms with Gasteiger partial charge in [-0.25, -0.2) is 0 Å². The molecule has 0 bridgehead atoms. The molecule has 0 heterocycles. The average Bonchev–Trinajstić information content (AvgIpc) is 2.24. The lowest BCUT2D eigenvalue weighted by atomic mass is 9.67. The van der Waals surface area contributed by atoms with E-state index < -0.39 is 11.7 Å². The molecule has 0 aromatic carbocycles. The minimum absolute atomic E-state index is 0.114. The van der Waals surface area contributed by atoms with Gasteiger partial charge in [-0.2, -0.15) is 13.2 Å². The van der Waals surface area contributed by atoms with Gasteiger partial charge in [-0.15, -0.1) is 0 Å². The van der Waals surface area contributed by atoms with Crippen LogP contribution in [0, 0.1) is 11.3 Å². The highest BCUT2D eigenvalue weighted by Gasteiger charge is 2.55. The Bertz CT molecular complexity index is 257. The van der Waals surface area contributed by atoms with Crippen LogP contribution in [0.15, 0.2) is 0 Å². The molecule has 4 heteroatoms. The lowest BCUT2D eigenvalue weighted by Gasteiger charge is -2.45. The zero-order chi connectivity index (χ0) is 14.0. The van der Waals surface area contributed by atoms with Gasteiger partial charge in [0.1, 0.15) is 5.54 Å². The topological polar surface area (TPSA) is 12.0 Å². The van der Waals surface area contributed by atoms with Gasteiger partial charge in [0.05, 0.1) is 0 Å². The predicted molar refractivity (Wildman–Crippen MR) is 68.5 cm³/mol. The molecule has 1 fully saturated rings. The van der Waals surface area contributed by atoms with Crippen molar-refractivity contribution < 1.29 is 13.2 Å². The fourth-order valence-corrected chi connectivity index (χ4v) is 2.90. The molecule has 0 aliphatic heterocycles. The summed E-state index contributed by atoms with van der Waals surface area (Å²) in [5, 5.41) is 2.77. The summed E-state index contributed by atoms with van der Waals surface area (Å²) in [6.45, 7) is 8.71. The van der Waals surface area contributed by atoms with E-state index in [9.17, 15) is 13.2 Å². The van der Waals surface area contributed by atoms with Crippen molar-refractivity contribution in [2.75, 3.05) is 6.54 Å². The SMILES string of the molecule is CCCNC1(C(F)(F)F)CCC(C(C)(C)C)CC1. The Hall–Kier alpha value is -0.250. The second-order valence-electron chi connectivity index (χ2n) is 6.65. The van der Waals surface area contributed by atoms with Crippen molar-refractivity contribution in [2.24, 2.45) is 11.3 Å². The second kappa shape index (κ2) is 5.40. The Morgan fingerprint density at radius 1 is 1.11 bits per heavy atom. The summed E-state index contributed by atoms with van der Waals surface area (Å²) in [4.78, 5) is 0. The molecular weight excluding hydrogens is 239 g/mol. The molecule has 0 amide bonds. The smallest absolute Gasteiger partial charge is 0.304 e. The minimum atomic E-state index is -4.13. The highest BCUT2D eigenvalue weighted by atomic mass is 19.4. The maximum absolute atomic E-state index is 13.3. The van der Waals surface area contributed by atoms with Gasteiger partial charge in [0.25, 0.3) is 0 Å². The van der Waals surface area contributed by atoms with Crippen LogP contribution in [-0.2, 0) is 0 Å². The lowest BCUT2D eigenvalue weighted by molar-refractivity contribution is -0.209. The van der Waals surface area contributed by atoms with Crippen LogP contribution in [-0.4, -0.2) is 18.3 Å². The quantitative estimate of drug-likeness (QED) is 0.791. The Labute approximate surface area is 109 Å². The number of alkyl halides is 3. The van der Waals surface area contributed by atoms with Crippen LogP contribution in [0.5, 0.6) is 0 Å². The third-order valence-corrected chi connectivity index (χ3v) is 4.32. The third kappa shape index (κ3) is 3.40. The number of hydrogen-bond acceptors (Lipinski definition) is 1. The molecule has 108 valence electrons. The highest BCUT2D eigenvalue weighted by Crippen LogP contribution is 2.47. The summed E-state index contributed by atoms with van der Waals surface area (Å²) in [5.41, 5.74) is -1.52. The summed E-state index contributed by atoms with van der Waals surface area (Å²) in [6, 6.07) is 0. The van der Waals surface area contributed by atoms with Crippen molar-refractivity contribution >= 4 is 0 Å². The highest BCUT2D eigenvalue weighted by molar-refractivity contribution is 5.00. The van der Waals surface area contributed by atoms with Crippen LogP contribution >= 0.6 is 0 Å². The van der Waals surface area contributed by atoms with Gasteiger partial charge in [-0.05, 0) is 50.0 Å². The molecular formula is C14H26F3N. The number of hydrogen-bond donors (Lipinski definition) is 1. The van der Waals surface area contributed by atoms with E-state index in [2.05, 4.69) is 26.1 Å². The zero-order valence-corrected chi connectivity index (χ0v) is 12.0. The standard InChI is InChI=1S/C14H26F3N/c1-5-10-18-13(14(15,16)17)8-6-11(7-9-13)12(2,3)4/h11,18H,5-10H2,1-4H3. The van der Waals surface area contributed by atoms with Crippen molar-refractivity contribution in [3.05, 3.63) is 0 Å². The first-order valence-corrected chi connectivity index (χ1v) is 6.94.